The Kier molecular flexibility index (Phi) is 8.84. The van der Waals surface area contributed by atoms with Crippen molar-refractivity contribution < 1.29 is 23.7 Å². The van der Waals surface area contributed by atoms with Gasteiger partial charge in [-0.25, -0.2) is 0 Å². The summed E-state index contributed by atoms with van der Waals surface area (Å²) in [6.07, 6.45) is 8.58. The first-order valence-electron chi connectivity index (χ1n) is 12.0. The van der Waals surface area contributed by atoms with Gasteiger partial charge in [0.15, 0.2) is 5.76 Å². The number of hydrogen-bond acceptors (Lipinski definition) is 6. The topological polar surface area (TPSA) is 57.2 Å². The molecule has 1 heterocycles. The first-order chi connectivity index (χ1) is 15.9. The highest BCUT2D eigenvalue weighted by molar-refractivity contribution is 5.52. The second-order valence-electron chi connectivity index (χ2n) is 9.33. The summed E-state index contributed by atoms with van der Waals surface area (Å²) in [5.74, 6) is 3.88. The molecule has 182 valence electrons. The van der Waals surface area contributed by atoms with Crippen molar-refractivity contribution in [3.63, 3.8) is 0 Å². The van der Waals surface area contributed by atoms with Gasteiger partial charge in [-0.2, -0.15) is 0 Å². The highest BCUT2D eigenvalue weighted by Gasteiger charge is 2.48. The van der Waals surface area contributed by atoms with Gasteiger partial charge in [0.05, 0.1) is 14.2 Å². The van der Waals surface area contributed by atoms with Crippen molar-refractivity contribution in [2.75, 3.05) is 47.6 Å². The van der Waals surface area contributed by atoms with E-state index in [0.29, 0.717) is 25.6 Å². The third-order valence-electron chi connectivity index (χ3n) is 7.08. The number of rotatable bonds is 12. The Hall–Kier alpha value is -2.47. The van der Waals surface area contributed by atoms with Crippen LogP contribution in [0.2, 0.25) is 0 Å². The summed E-state index contributed by atoms with van der Waals surface area (Å²) in [6, 6.07) is 6.03. The zero-order chi connectivity index (χ0) is 23.8. The lowest BCUT2D eigenvalue weighted by molar-refractivity contribution is -0.110. The number of hydrogen-bond donors (Lipinski definition) is 0. The first-order valence-corrected chi connectivity index (χ1v) is 12.0. The van der Waals surface area contributed by atoms with Crippen LogP contribution in [0.4, 0.5) is 0 Å². The van der Waals surface area contributed by atoms with Crippen molar-refractivity contribution in [1.82, 2.24) is 4.90 Å². The van der Waals surface area contributed by atoms with Gasteiger partial charge in [0.2, 0.25) is 0 Å². The molecule has 0 radical (unpaired) electrons. The molecule has 1 aromatic carbocycles. The lowest BCUT2D eigenvalue weighted by atomic mass is 9.60. The molecule has 2 unspecified atom stereocenters. The predicted molar refractivity (Wildman–Crippen MR) is 129 cm³/mol. The standard InChI is InChI=1S/C27H39NO5/c1-20(2)27(22(10-14-29)7-8-25-26(27)33-16-15-32-25)11-6-12-28(3)13-9-21-17-23(30-4)19-24(18-21)31-5/h7-8,14,17-20,22H,6,9-13,15-16H2,1-5H3. The van der Waals surface area contributed by atoms with Gasteiger partial charge in [-0.05, 0) is 68.5 Å². The molecule has 6 heteroatoms. The Morgan fingerprint density at radius 2 is 1.82 bits per heavy atom. The van der Waals surface area contributed by atoms with Gasteiger partial charge in [0, 0.05) is 24.4 Å². The van der Waals surface area contributed by atoms with E-state index in [-0.39, 0.29) is 11.3 Å². The monoisotopic (exact) mass is 457 g/mol. The fraction of sp³-hybridized carbons (Fsp3) is 0.593. The van der Waals surface area contributed by atoms with E-state index < -0.39 is 0 Å². The van der Waals surface area contributed by atoms with Crippen LogP contribution in [0, 0.1) is 17.3 Å². The average molecular weight is 458 g/mol. The van der Waals surface area contributed by atoms with E-state index in [4.69, 9.17) is 18.9 Å². The molecule has 33 heavy (non-hydrogen) atoms. The van der Waals surface area contributed by atoms with E-state index in [1.54, 1.807) is 14.2 Å². The smallest absolute Gasteiger partial charge is 0.157 e. The summed E-state index contributed by atoms with van der Waals surface area (Å²) in [6.45, 7) is 7.53. The maximum Gasteiger partial charge on any atom is 0.157 e. The lowest BCUT2D eigenvalue weighted by Gasteiger charge is -2.47. The van der Waals surface area contributed by atoms with Crippen molar-refractivity contribution in [3.8, 4) is 11.5 Å². The minimum absolute atomic E-state index is 0.130. The zero-order valence-electron chi connectivity index (χ0n) is 20.8. The Balaban J connectivity index is 1.64. The molecule has 0 amide bonds. The van der Waals surface area contributed by atoms with Gasteiger partial charge in [-0.1, -0.05) is 19.9 Å². The maximum absolute atomic E-state index is 11.5. The number of nitrogens with zero attached hydrogens (tertiary/aromatic N) is 1. The molecule has 0 bridgehead atoms. The van der Waals surface area contributed by atoms with E-state index in [1.165, 1.54) is 5.56 Å². The van der Waals surface area contributed by atoms with Crippen LogP contribution in [0.3, 0.4) is 0 Å². The molecule has 2 aliphatic rings. The van der Waals surface area contributed by atoms with Gasteiger partial charge in [0.25, 0.3) is 0 Å². The molecule has 1 aromatic rings. The van der Waals surface area contributed by atoms with Crippen molar-refractivity contribution in [3.05, 3.63) is 47.4 Å². The van der Waals surface area contributed by atoms with Crippen LogP contribution in [0.15, 0.2) is 41.9 Å². The number of allylic oxidation sites excluding steroid dienone is 3. The number of ether oxygens (including phenoxy) is 4. The number of aldehydes is 1. The summed E-state index contributed by atoms with van der Waals surface area (Å²) in [7, 11) is 5.51. The van der Waals surface area contributed by atoms with E-state index in [1.807, 2.05) is 12.1 Å². The van der Waals surface area contributed by atoms with Crippen LogP contribution in [0.25, 0.3) is 0 Å². The number of likely N-dealkylation sites (N-methyl/N-ethyl adjacent to an activating group) is 1. The first kappa shape index (κ1) is 25.2. The van der Waals surface area contributed by atoms with Crippen LogP contribution in [0.5, 0.6) is 11.5 Å². The average Bonchev–Trinajstić information content (AvgIpc) is 2.83. The molecular formula is C27H39NO5. The predicted octanol–water partition coefficient (Wildman–Crippen LogP) is 4.63. The molecule has 2 atom stereocenters. The second kappa shape index (κ2) is 11.6. The van der Waals surface area contributed by atoms with Crippen LogP contribution in [-0.2, 0) is 20.7 Å². The number of methoxy groups -OCH3 is 2. The van der Waals surface area contributed by atoms with Gasteiger partial charge in [0.1, 0.15) is 36.8 Å². The maximum atomic E-state index is 11.5. The third-order valence-corrected chi connectivity index (χ3v) is 7.08. The van der Waals surface area contributed by atoms with Crippen LogP contribution >= 0.6 is 0 Å². The lowest BCUT2D eigenvalue weighted by Crippen LogP contribution is -2.43. The molecule has 6 nitrogen and oxygen atoms in total. The minimum atomic E-state index is -0.216. The zero-order valence-corrected chi connectivity index (χ0v) is 20.8. The summed E-state index contributed by atoms with van der Waals surface area (Å²) in [4.78, 5) is 13.9. The van der Waals surface area contributed by atoms with Crippen LogP contribution in [-0.4, -0.2) is 58.8 Å². The number of carbonyl (C=O) groups is 1. The summed E-state index contributed by atoms with van der Waals surface area (Å²) >= 11 is 0. The molecule has 0 aromatic heterocycles. The molecule has 0 N–H and O–H groups in total. The van der Waals surface area contributed by atoms with Gasteiger partial charge < -0.3 is 28.6 Å². The Morgan fingerprint density at radius 3 is 2.45 bits per heavy atom. The fourth-order valence-corrected chi connectivity index (χ4v) is 5.22. The molecule has 0 saturated carbocycles. The second-order valence-corrected chi connectivity index (χ2v) is 9.33. The van der Waals surface area contributed by atoms with Crippen molar-refractivity contribution in [1.29, 1.82) is 0 Å². The number of benzene rings is 1. The van der Waals surface area contributed by atoms with Crippen molar-refractivity contribution in [2.45, 2.75) is 39.5 Å². The van der Waals surface area contributed by atoms with Gasteiger partial charge in [-0.3, -0.25) is 0 Å². The number of carbonyl (C=O) groups excluding carboxylic acids is 1. The molecule has 1 aliphatic carbocycles. The highest BCUT2D eigenvalue weighted by Crippen LogP contribution is 2.53. The Morgan fingerprint density at radius 1 is 1.12 bits per heavy atom. The fourth-order valence-electron chi connectivity index (χ4n) is 5.22. The summed E-state index contributed by atoms with van der Waals surface area (Å²) < 4.78 is 22.9. The van der Waals surface area contributed by atoms with Gasteiger partial charge >= 0.3 is 0 Å². The minimum Gasteiger partial charge on any atom is -0.497 e. The normalized spacial score (nSPS) is 22.1. The Bertz CT molecular complexity index is 840. The van der Waals surface area contributed by atoms with E-state index in [0.717, 1.165) is 61.7 Å². The van der Waals surface area contributed by atoms with E-state index >= 15 is 0 Å². The van der Waals surface area contributed by atoms with E-state index in [2.05, 4.69) is 44.0 Å². The SMILES string of the molecule is COc1cc(CCN(C)CCCC2(C(C)C)C3=C(C=CC2CC=O)OCCO3)cc(OC)c1. The third kappa shape index (κ3) is 5.72. The largest absolute Gasteiger partial charge is 0.497 e. The highest BCUT2D eigenvalue weighted by atomic mass is 16.6. The van der Waals surface area contributed by atoms with Crippen LogP contribution in [0.1, 0.15) is 38.7 Å². The molecule has 3 rings (SSSR count). The van der Waals surface area contributed by atoms with Crippen LogP contribution < -0.4 is 9.47 Å². The summed E-state index contributed by atoms with van der Waals surface area (Å²) in [5.41, 5.74) is 0.981. The van der Waals surface area contributed by atoms with E-state index in [9.17, 15) is 4.79 Å². The molecular weight excluding hydrogens is 418 g/mol. The van der Waals surface area contributed by atoms with Crippen molar-refractivity contribution >= 4 is 6.29 Å². The summed E-state index contributed by atoms with van der Waals surface area (Å²) in [5, 5.41) is 0. The molecule has 1 aliphatic heterocycles. The molecule has 0 spiro atoms. The molecule has 0 fully saturated rings. The Labute approximate surface area is 198 Å². The quantitative estimate of drug-likeness (QED) is 0.427. The van der Waals surface area contributed by atoms with Gasteiger partial charge in [-0.15, -0.1) is 0 Å². The van der Waals surface area contributed by atoms with Crippen molar-refractivity contribution in [2.24, 2.45) is 17.3 Å². The molecule has 0 saturated heterocycles.